The van der Waals surface area contributed by atoms with Gasteiger partial charge < -0.3 is 20.1 Å². The molecule has 50 heavy (non-hydrogen) atoms. The number of amides is 1. The molecule has 1 amide bonds. The molecule has 12 nitrogen and oxygen atoms in total. The molecule has 2 aliphatic rings. The van der Waals surface area contributed by atoms with Crippen LogP contribution in [0.2, 0.25) is 5.02 Å². The highest BCUT2D eigenvalue weighted by Gasteiger charge is 2.37. The number of sulfonamides is 1. The van der Waals surface area contributed by atoms with Gasteiger partial charge in [-0.2, -0.15) is 4.98 Å². The number of ether oxygens (including phenoxy) is 2. The number of nitrogens with one attached hydrogen (secondary N) is 3. The van der Waals surface area contributed by atoms with Gasteiger partial charge in [-0.15, -0.1) is 0 Å². The summed E-state index contributed by atoms with van der Waals surface area (Å²) in [5.41, 5.74) is 2.85. The van der Waals surface area contributed by atoms with Crippen molar-refractivity contribution in [2.75, 3.05) is 29.5 Å². The molecule has 0 spiro atoms. The van der Waals surface area contributed by atoms with E-state index in [4.69, 9.17) is 21.1 Å². The second-order valence-electron chi connectivity index (χ2n) is 13.3. The number of aromatic nitrogens is 3. The minimum atomic E-state index is -3.69. The first-order chi connectivity index (χ1) is 24.0. The maximum atomic E-state index is 13.0. The van der Waals surface area contributed by atoms with Crippen LogP contribution in [-0.2, 0) is 25.9 Å². The number of methoxy groups -OCH3 is 1. The van der Waals surface area contributed by atoms with E-state index in [1.54, 1.807) is 35.0 Å². The van der Waals surface area contributed by atoms with Gasteiger partial charge in [0.25, 0.3) is 5.56 Å². The maximum absolute atomic E-state index is 13.0. The lowest BCUT2D eigenvalue weighted by molar-refractivity contribution is 0.0150. The number of aryl methyl sites for hydroxylation is 1. The fraction of sp³-hybridized carbons (Fsp3) is 0.444. The molecular formula is C36H43ClN6O6S. The Labute approximate surface area is 297 Å². The van der Waals surface area contributed by atoms with Gasteiger partial charge in [-0.3, -0.25) is 14.1 Å². The molecule has 3 N–H and O–H groups in total. The Bertz CT molecular complexity index is 1990. The van der Waals surface area contributed by atoms with Gasteiger partial charge in [-0.1, -0.05) is 54.8 Å². The van der Waals surface area contributed by atoms with Gasteiger partial charge in [0.1, 0.15) is 10.7 Å². The average Bonchev–Trinajstić information content (AvgIpc) is 3.62. The Balaban J connectivity index is 1.04. The second kappa shape index (κ2) is 15.4. The summed E-state index contributed by atoms with van der Waals surface area (Å²) in [4.78, 5) is 34.3. The molecule has 14 heteroatoms. The van der Waals surface area contributed by atoms with Crippen molar-refractivity contribution in [2.45, 2.75) is 82.4 Å². The molecule has 6 rings (SSSR count). The Hall–Kier alpha value is -4.20. The minimum absolute atomic E-state index is 0.0468. The molecule has 4 aromatic rings. The molecule has 2 aliphatic carbocycles. The number of rotatable bonds is 12. The second-order valence-corrected chi connectivity index (χ2v) is 15.5. The third-order valence-corrected chi connectivity index (χ3v) is 11.2. The van der Waals surface area contributed by atoms with Gasteiger partial charge in [0.15, 0.2) is 0 Å². The van der Waals surface area contributed by atoms with Crippen molar-refractivity contribution in [3.05, 3.63) is 87.3 Å². The van der Waals surface area contributed by atoms with Crippen molar-refractivity contribution in [1.82, 2.24) is 19.9 Å². The van der Waals surface area contributed by atoms with Crippen molar-refractivity contribution in [2.24, 2.45) is 0 Å². The molecular weight excluding hydrogens is 680 g/mol. The van der Waals surface area contributed by atoms with E-state index in [9.17, 15) is 18.0 Å². The maximum Gasteiger partial charge on any atom is 0.407 e. The van der Waals surface area contributed by atoms with E-state index in [1.807, 2.05) is 37.3 Å². The molecule has 2 aromatic carbocycles. The lowest BCUT2D eigenvalue weighted by Crippen LogP contribution is -2.53. The molecule has 2 fully saturated rings. The van der Waals surface area contributed by atoms with Crippen LogP contribution in [0.1, 0.15) is 68.5 Å². The number of hydrogen-bond donors (Lipinski definition) is 3. The standard InChI is InChI=1S/C36H43ClN6O6S/c1-24-20-27(12-13-31(24)39-34-38-23-26-21-30(37)33(44)43(32(26)40-34)28-10-6-7-11-28)42-50(46,47)19-18-49-29-14-16-36(17-15-29,41-35(45)48-2)22-25-8-4-3-5-9-25/h3-5,8-9,12-13,20-21,23,28-29,42H,6-7,10-11,14-19,22H2,1-2H3,(H,41,45)(H,38,39,40). The quantitative estimate of drug-likeness (QED) is 0.146. The highest BCUT2D eigenvalue weighted by Crippen LogP contribution is 2.34. The van der Waals surface area contributed by atoms with Crippen molar-refractivity contribution in [3.63, 3.8) is 0 Å². The predicted octanol–water partition coefficient (Wildman–Crippen LogP) is 6.65. The van der Waals surface area contributed by atoms with E-state index in [2.05, 4.69) is 25.3 Å². The summed E-state index contributed by atoms with van der Waals surface area (Å²) < 4.78 is 41.2. The third kappa shape index (κ3) is 8.56. The summed E-state index contributed by atoms with van der Waals surface area (Å²) in [7, 11) is -2.33. The first-order valence-corrected chi connectivity index (χ1v) is 19.0. The summed E-state index contributed by atoms with van der Waals surface area (Å²) in [6, 6.07) is 16.8. The van der Waals surface area contributed by atoms with E-state index in [0.717, 1.165) is 36.8 Å². The van der Waals surface area contributed by atoms with Gasteiger partial charge in [0, 0.05) is 34.5 Å². The van der Waals surface area contributed by atoms with Gasteiger partial charge in [0.2, 0.25) is 16.0 Å². The number of carbonyl (C=O) groups is 1. The molecule has 0 bridgehead atoms. The van der Waals surface area contributed by atoms with Crippen LogP contribution in [0.4, 0.5) is 22.1 Å². The van der Waals surface area contributed by atoms with Crippen LogP contribution in [0.15, 0.2) is 65.6 Å². The summed E-state index contributed by atoms with van der Waals surface area (Å²) in [6.45, 7) is 1.90. The highest BCUT2D eigenvalue weighted by atomic mass is 35.5. The molecule has 0 atom stereocenters. The van der Waals surface area contributed by atoms with E-state index < -0.39 is 21.7 Å². The van der Waals surface area contributed by atoms with Gasteiger partial charge in [-0.25, -0.2) is 18.2 Å². The van der Waals surface area contributed by atoms with Gasteiger partial charge >= 0.3 is 6.09 Å². The van der Waals surface area contributed by atoms with Crippen LogP contribution in [0.25, 0.3) is 11.0 Å². The average molecular weight is 723 g/mol. The zero-order valence-corrected chi connectivity index (χ0v) is 29.9. The van der Waals surface area contributed by atoms with Crippen LogP contribution in [0.5, 0.6) is 0 Å². The zero-order chi connectivity index (χ0) is 35.3. The fourth-order valence-electron chi connectivity index (χ4n) is 7.10. The van der Waals surface area contributed by atoms with Crippen molar-refractivity contribution >= 4 is 56.1 Å². The Morgan fingerprint density at radius 2 is 1.80 bits per heavy atom. The lowest BCUT2D eigenvalue weighted by atomic mass is 9.76. The SMILES string of the molecule is COC(=O)NC1(Cc2ccccc2)CCC(OCCS(=O)(=O)Nc2ccc(Nc3ncc4cc(Cl)c(=O)n(C5CCCC5)c4n3)c(C)c2)CC1. The monoisotopic (exact) mass is 722 g/mol. The Morgan fingerprint density at radius 3 is 2.50 bits per heavy atom. The summed E-state index contributed by atoms with van der Waals surface area (Å²) in [5, 5.41) is 7.10. The number of hydrogen-bond acceptors (Lipinski definition) is 9. The van der Waals surface area contributed by atoms with Crippen LogP contribution in [-0.4, -0.2) is 60.2 Å². The number of benzene rings is 2. The van der Waals surface area contributed by atoms with E-state index in [1.165, 1.54) is 7.11 Å². The number of alkyl carbamates (subject to hydrolysis) is 1. The van der Waals surface area contributed by atoms with E-state index in [0.29, 0.717) is 60.5 Å². The summed E-state index contributed by atoms with van der Waals surface area (Å²) in [5.74, 6) is 0.121. The molecule has 2 aromatic heterocycles. The van der Waals surface area contributed by atoms with Crippen LogP contribution in [0, 0.1) is 6.92 Å². The van der Waals surface area contributed by atoms with Crippen molar-refractivity contribution < 1.29 is 22.7 Å². The van der Waals surface area contributed by atoms with E-state index in [-0.39, 0.29) is 35.1 Å². The normalized spacial score (nSPS) is 19.7. The number of anilines is 3. The highest BCUT2D eigenvalue weighted by molar-refractivity contribution is 7.92. The third-order valence-electron chi connectivity index (χ3n) is 9.70. The molecule has 0 aliphatic heterocycles. The molecule has 266 valence electrons. The number of pyridine rings is 1. The minimum Gasteiger partial charge on any atom is -0.453 e. The number of halogens is 1. The predicted molar refractivity (Wildman–Crippen MR) is 195 cm³/mol. The molecule has 0 radical (unpaired) electrons. The molecule has 0 unspecified atom stereocenters. The topological polar surface area (TPSA) is 154 Å². The van der Waals surface area contributed by atoms with Crippen molar-refractivity contribution in [3.8, 4) is 0 Å². The summed E-state index contributed by atoms with van der Waals surface area (Å²) in [6.07, 6.45) is 8.40. The Kier molecular flexibility index (Phi) is 10.9. The zero-order valence-electron chi connectivity index (χ0n) is 28.3. The number of fused-ring (bicyclic) bond motifs is 1. The van der Waals surface area contributed by atoms with Gasteiger partial charge in [0.05, 0.1) is 25.6 Å². The first kappa shape index (κ1) is 35.6. The van der Waals surface area contributed by atoms with Crippen molar-refractivity contribution in [1.29, 1.82) is 0 Å². The molecule has 0 saturated heterocycles. The van der Waals surface area contributed by atoms with Crippen LogP contribution in [0.3, 0.4) is 0 Å². The summed E-state index contributed by atoms with van der Waals surface area (Å²) >= 11 is 6.26. The molecule has 2 heterocycles. The Morgan fingerprint density at radius 1 is 1.06 bits per heavy atom. The van der Waals surface area contributed by atoms with E-state index >= 15 is 0 Å². The molecule has 2 saturated carbocycles. The van der Waals surface area contributed by atoms with Gasteiger partial charge in [-0.05, 0) is 87.3 Å². The first-order valence-electron chi connectivity index (χ1n) is 17.0. The number of carbonyl (C=O) groups excluding carboxylic acids is 1. The lowest BCUT2D eigenvalue weighted by Gasteiger charge is -2.40. The largest absolute Gasteiger partial charge is 0.453 e. The fourth-order valence-corrected chi connectivity index (χ4v) is 8.21. The van der Waals surface area contributed by atoms with Crippen LogP contribution >= 0.6 is 11.6 Å². The number of nitrogens with zero attached hydrogens (tertiary/aromatic N) is 3. The van der Waals surface area contributed by atoms with Crippen LogP contribution < -0.4 is 20.9 Å². The smallest absolute Gasteiger partial charge is 0.407 e.